The zero-order valence-electron chi connectivity index (χ0n) is 11.4. The van der Waals surface area contributed by atoms with Gasteiger partial charge < -0.3 is 9.14 Å². The van der Waals surface area contributed by atoms with Crippen molar-refractivity contribution in [1.29, 1.82) is 0 Å². The van der Waals surface area contributed by atoms with Gasteiger partial charge in [-0.05, 0) is 18.9 Å². The third-order valence-electron chi connectivity index (χ3n) is 3.94. The molecule has 0 N–H and O–H groups in total. The second kappa shape index (κ2) is 5.09. The molecule has 1 unspecified atom stereocenters. The fraction of sp³-hybridized carbons (Fsp3) is 0.500. The Hall–Kier alpha value is -1.56. The van der Waals surface area contributed by atoms with E-state index in [0.717, 1.165) is 36.4 Å². The molecule has 108 valence electrons. The predicted octanol–water partition coefficient (Wildman–Crippen LogP) is 1.85. The highest BCUT2D eigenvalue weighted by molar-refractivity contribution is 7.92. The van der Waals surface area contributed by atoms with Gasteiger partial charge in [0.2, 0.25) is 0 Å². The summed E-state index contributed by atoms with van der Waals surface area (Å²) in [7, 11) is -1.34. The van der Waals surface area contributed by atoms with E-state index in [-0.39, 0.29) is 5.25 Å². The Bertz CT molecular complexity index is 721. The van der Waals surface area contributed by atoms with E-state index in [1.54, 1.807) is 13.3 Å². The molecular weight excluding hydrogens is 276 g/mol. The minimum Gasteiger partial charge on any atom is -0.497 e. The number of ether oxygens (including phenoxy) is 1. The van der Waals surface area contributed by atoms with Crippen molar-refractivity contribution >= 4 is 15.4 Å². The van der Waals surface area contributed by atoms with E-state index in [1.807, 2.05) is 22.7 Å². The molecule has 3 heterocycles. The highest BCUT2D eigenvalue weighted by Gasteiger charge is 2.29. The van der Waals surface area contributed by atoms with Gasteiger partial charge in [-0.3, -0.25) is 0 Å². The first kappa shape index (κ1) is 13.4. The summed E-state index contributed by atoms with van der Waals surface area (Å²) >= 11 is 0. The van der Waals surface area contributed by atoms with Crippen LogP contribution in [-0.2, 0) is 16.3 Å². The van der Waals surface area contributed by atoms with Gasteiger partial charge in [0, 0.05) is 18.7 Å². The van der Waals surface area contributed by atoms with Gasteiger partial charge in [-0.25, -0.2) is 13.4 Å². The molecule has 0 spiro atoms. The summed E-state index contributed by atoms with van der Waals surface area (Å²) in [5, 5.41) is -0.288. The van der Waals surface area contributed by atoms with Crippen LogP contribution in [0.2, 0.25) is 0 Å². The Morgan fingerprint density at radius 2 is 2.30 bits per heavy atom. The predicted molar refractivity (Wildman–Crippen MR) is 76.9 cm³/mol. The molecule has 1 atom stereocenters. The first-order valence-corrected chi connectivity index (χ1v) is 8.53. The maximum absolute atomic E-state index is 12.1. The van der Waals surface area contributed by atoms with E-state index in [4.69, 9.17) is 4.74 Å². The molecule has 0 bridgehead atoms. The third kappa shape index (κ3) is 2.40. The number of rotatable bonds is 3. The van der Waals surface area contributed by atoms with Crippen molar-refractivity contribution in [1.82, 2.24) is 9.38 Å². The Kier molecular flexibility index (Phi) is 3.41. The zero-order valence-corrected chi connectivity index (χ0v) is 12.3. The van der Waals surface area contributed by atoms with Crippen LogP contribution in [0.3, 0.4) is 0 Å². The first-order chi connectivity index (χ1) is 9.60. The van der Waals surface area contributed by atoms with Gasteiger partial charge in [-0.15, -0.1) is 0 Å². The number of imidazole rings is 1. The molecule has 0 aromatic carbocycles. The van der Waals surface area contributed by atoms with Gasteiger partial charge in [0.25, 0.3) is 0 Å². The van der Waals surface area contributed by atoms with E-state index in [2.05, 4.69) is 4.98 Å². The molecule has 2 aromatic rings. The number of nitrogens with zero attached hydrogens (tertiary/aromatic N) is 2. The van der Waals surface area contributed by atoms with Crippen LogP contribution in [0.1, 0.15) is 25.1 Å². The summed E-state index contributed by atoms with van der Waals surface area (Å²) in [4.78, 5) is 4.37. The fourth-order valence-electron chi connectivity index (χ4n) is 2.77. The minimum absolute atomic E-state index is 0.288. The van der Waals surface area contributed by atoms with Gasteiger partial charge in [0.1, 0.15) is 11.6 Å². The molecule has 0 aliphatic carbocycles. The van der Waals surface area contributed by atoms with Crippen LogP contribution in [0.5, 0.6) is 5.75 Å². The van der Waals surface area contributed by atoms with E-state index < -0.39 is 9.84 Å². The number of hydrogen-bond acceptors (Lipinski definition) is 4. The lowest BCUT2D eigenvalue weighted by Gasteiger charge is -2.21. The average molecular weight is 294 g/mol. The second-order valence-corrected chi connectivity index (χ2v) is 7.63. The van der Waals surface area contributed by atoms with Crippen LogP contribution in [0.4, 0.5) is 0 Å². The van der Waals surface area contributed by atoms with E-state index in [9.17, 15) is 8.42 Å². The normalized spacial score (nSPS) is 21.9. The number of aromatic nitrogens is 2. The maximum atomic E-state index is 12.1. The summed E-state index contributed by atoms with van der Waals surface area (Å²) in [5.74, 6) is 1.89. The van der Waals surface area contributed by atoms with Gasteiger partial charge in [0.05, 0.1) is 29.8 Å². The molecule has 1 fully saturated rings. The van der Waals surface area contributed by atoms with Crippen molar-refractivity contribution < 1.29 is 13.2 Å². The lowest BCUT2D eigenvalue weighted by Crippen LogP contribution is -2.30. The Balaban J connectivity index is 1.91. The molecule has 1 saturated heterocycles. The summed E-state index contributed by atoms with van der Waals surface area (Å²) < 4.78 is 31.3. The van der Waals surface area contributed by atoms with Gasteiger partial charge >= 0.3 is 0 Å². The summed E-state index contributed by atoms with van der Waals surface area (Å²) in [6.45, 7) is 0. The molecule has 20 heavy (non-hydrogen) atoms. The Morgan fingerprint density at radius 3 is 3.05 bits per heavy atom. The Morgan fingerprint density at radius 1 is 1.45 bits per heavy atom. The topological polar surface area (TPSA) is 60.7 Å². The number of fused-ring (bicyclic) bond motifs is 1. The lowest BCUT2D eigenvalue weighted by molar-refractivity contribution is 0.414. The minimum atomic E-state index is -2.96. The number of sulfone groups is 1. The lowest BCUT2D eigenvalue weighted by atomic mass is 10.1. The fourth-order valence-corrected chi connectivity index (χ4v) is 4.64. The molecule has 2 aromatic heterocycles. The quantitative estimate of drug-likeness (QED) is 0.867. The summed E-state index contributed by atoms with van der Waals surface area (Å²) in [6.07, 6.45) is 6.65. The molecule has 0 amide bonds. The molecule has 0 radical (unpaired) electrons. The maximum Gasteiger partial charge on any atom is 0.153 e. The van der Waals surface area contributed by atoms with Crippen molar-refractivity contribution in [3.63, 3.8) is 0 Å². The van der Waals surface area contributed by atoms with Crippen molar-refractivity contribution in [2.24, 2.45) is 0 Å². The molecule has 1 aliphatic heterocycles. The number of methoxy groups -OCH3 is 1. The molecular formula is C14H18N2O3S. The van der Waals surface area contributed by atoms with Crippen LogP contribution in [0, 0.1) is 0 Å². The van der Waals surface area contributed by atoms with Gasteiger partial charge in [-0.1, -0.05) is 6.42 Å². The van der Waals surface area contributed by atoms with Crippen LogP contribution in [-0.4, -0.2) is 35.9 Å². The molecule has 1 aliphatic rings. The smallest absolute Gasteiger partial charge is 0.153 e. The molecule has 6 heteroatoms. The summed E-state index contributed by atoms with van der Waals surface area (Å²) in [6, 6.07) is 3.75. The van der Waals surface area contributed by atoms with Crippen molar-refractivity contribution in [2.45, 2.75) is 30.9 Å². The first-order valence-electron chi connectivity index (χ1n) is 6.82. The highest BCUT2D eigenvalue weighted by atomic mass is 32.2. The Labute approximate surface area is 118 Å². The largest absolute Gasteiger partial charge is 0.497 e. The van der Waals surface area contributed by atoms with Crippen LogP contribution >= 0.6 is 0 Å². The SMILES string of the molecule is COc1ccn2c(CC3CCCCS3(=O)=O)ncc2c1. The summed E-state index contributed by atoms with van der Waals surface area (Å²) in [5.41, 5.74) is 0.924. The van der Waals surface area contributed by atoms with Crippen molar-refractivity contribution in [3.8, 4) is 5.75 Å². The van der Waals surface area contributed by atoms with Gasteiger partial charge in [0.15, 0.2) is 9.84 Å². The van der Waals surface area contributed by atoms with Crippen LogP contribution in [0.25, 0.3) is 5.52 Å². The molecule has 3 rings (SSSR count). The monoisotopic (exact) mass is 294 g/mol. The van der Waals surface area contributed by atoms with Crippen LogP contribution < -0.4 is 4.74 Å². The highest BCUT2D eigenvalue weighted by Crippen LogP contribution is 2.24. The number of hydrogen-bond donors (Lipinski definition) is 0. The van der Waals surface area contributed by atoms with Crippen molar-refractivity contribution in [3.05, 3.63) is 30.4 Å². The standard InChI is InChI=1S/C14H18N2O3S/c1-19-12-5-6-16-11(8-12)10-15-14(16)9-13-4-2-3-7-20(13,17)18/h5-6,8,10,13H,2-4,7,9H2,1H3. The molecule has 0 saturated carbocycles. The van der Waals surface area contributed by atoms with E-state index in [1.165, 1.54) is 0 Å². The second-order valence-electron chi connectivity index (χ2n) is 5.22. The zero-order chi connectivity index (χ0) is 14.2. The van der Waals surface area contributed by atoms with Crippen LogP contribution in [0.15, 0.2) is 24.5 Å². The number of pyridine rings is 1. The molecule has 5 nitrogen and oxygen atoms in total. The van der Waals surface area contributed by atoms with E-state index >= 15 is 0 Å². The van der Waals surface area contributed by atoms with Crippen molar-refractivity contribution in [2.75, 3.05) is 12.9 Å². The van der Waals surface area contributed by atoms with Gasteiger partial charge in [-0.2, -0.15) is 0 Å². The van der Waals surface area contributed by atoms with E-state index in [0.29, 0.717) is 12.2 Å². The third-order valence-corrected chi connectivity index (χ3v) is 6.21. The average Bonchev–Trinajstić information content (AvgIpc) is 2.83.